The Morgan fingerprint density at radius 1 is 1.32 bits per heavy atom. The monoisotopic (exact) mass is 259 g/mol. The molecule has 100 valence electrons. The Kier molecular flexibility index (Phi) is 3.13. The summed E-state index contributed by atoms with van der Waals surface area (Å²) < 4.78 is 12.9. The molecule has 1 aliphatic heterocycles. The first-order chi connectivity index (χ1) is 9.22. The molecule has 0 saturated carbocycles. The molecule has 0 aliphatic carbocycles. The topological polar surface area (TPSA) is 62.3 Å². The third kappa shape index (κ3) is 2.56. The van der Waals surface area contributed by atoms with E-state index in [1.807, 2.05) is 42.2 Å². The van der Waals surface area contributed by atoms with Crippen LogP contribution in [0.2, 0.25) is 0 Å². The molecule has 3 rings (SSSR count). The molecule has 1 aromatic heterocycles. The van der Waals surface area contributed by atoms with Gasteiger partial charge in [-0.05, 0) is 30.2 Å². The van der Waals surface area contributed by atoms with Crippen molar-refractivity contribution >= 4 is 0 Å². The summed E-state index contributed by atoms with van der Waals surface area (Å²) in [6.07, 6.45) is 3.81. The number of aryl methyl sites for hydroxylation is 1. The number of rotatable bonds is 3. The lowest BCUT2D eigenvalue weighted by atomic mass is 10.1. The number of benzene rings is 1. The van der Waals surface area contributed by atoms with Crippen LogP contribution in [0.3, 0.4) is 0 Å². The predicted octanol–water partition coefficient (Wildman–Crippen LogP) is 1.66. The van der Waals surface area contributed by atoms with Gasteiger partial charge in [0.2, 0.25) is 0 Å². The van der Waals surface area contributed by atoms with Gasteiger partial charge in [0.05, 0.1) is 12.7 Å². The number of aromatic nitrogens is 2. The standard InChI is InChI=1S/C14H17N3O2/c1-10-7-16-17(8-10)9-12(15)11-2-3-13-14(6-11)19-5-4-18-13/h2-3,6-8,12H,4-5,9,15H2,1H3. The average molecular weight is 259 g/mol. The summed E-state index contributed by atoms with van der Waals surface area (Å²) in [7, 11) is 0. The fourth-order valence-electron chi connectivity index (χ4n) is 2.16. The highest BCUT2D eigenvalue weighted by atomic mass is 16.6. The van der Waals surface area contributed by atoms with E-state index in [-0.39, 0.29) is 6.04 Å². The molecule has 0 spiro atoms. The van der Waals surface area contributed by atoms with Crippen molar-refractivity contribution in [3.05, 3.63) is 41.7 Å². The van der Waals surface area contributed by atoms with Crippen LogP contribution in [0, 0.1) is 6.92 Å². The molecule has 5 heteroatoms. The number of nitrogens with two attached hydrogens (primary N) is 1. The molecule has 1 aliphatic rings. The van der Waals surface area contributed by atoms with E-state index in [0.717, 1.165) is 22.6 Å². The number of hydrogen-bond acceptors (Lipinski definition) is 4. The average Bonchev–Trinajstić information content (AvgIpc) is 2.83. The number of hydrogen-bond donors (Lipinski definition) is 1. The molecule has 1 aromatic carbocycles. The van der Waals surface area contributed by atoms with Crippen LogP contribution in [0.5, 0.6) is 11.5 Å². The molecule has 2 heterocycles. The van der Waals surface area contributed by atoms with Crippen molar-refractivity contribution in [2.75, 3.05) is 13.2 Å². The van der Waals surface area contributed by atoms with Gasteiger partial charge in [0, 0.05) is 12.2 Å². The van der Waals surface area contributed by atoms with Gasteiger partial charge in [-0.2, -0.15) is 5.10 Å². The first-order valence-electron chi connectivity index (χ1n) is 6.36. The third-order valence-electron chi connectivity index (χ3n) is 3.14. The number of ether oxygens (including phenoxy) is 2. The normalized spacial score (nSPS) is 15.3. The second-order valence-corrected chi connectivity index (χ2v) is 4.75. The van der Waals surface area contributed by atoms with Crippen LogP contribution in [-0.4, -0.2) is 23.0 Å². The molecular formula is C14H17N3O2. The Labute approximate surface area is 111 Å². The summed E-state index contributed by atoms with van der Waals surface area (Å²) in [6.45, 7) is 3.85. The fraction of sp³-hybridized carbons (Fsp3) is 0.357. The van der Waals surface area contributed by atoms with Gasteiger partial charge in [-0.15, -0.1) is 0 Å². The molecule has 19 heavy (non-hydrogen) atoms. The SMILES string of the molecule is Cc1cnn(CC(N)c2ccc3c(c2)OCCO3)c1. The lowest BCUT2D eigenvalue weighted by Crippen LogP contribution is -2.19. The van der Waals surface area contributed by atoms with Crippen molar-refractivity contribution in [3.8, 4) is 11.5 Å². The minimum atomic E-state index is -0.116. The largest absolute Gasteiger partial charge is 0.486 e. The molecule has 0 saturated heterocycles. The van der Waals surface area contributed by atoms with Gasteiger partial charge in [0.1, 0.15) is 13.2 Å². The van der Waals surface area contributed by atoms with E-state index < -0.39 is 0 Å². The highest BCUT2D eigenvalue weighted by molar-refractivity contribution is 5.44. The summed E-state index contributed by atoms with van der Waals surface area (Å²) >= 11 is 0. The molecule has 1 atom stereocenters. The maximum atomic E-state index is 6.21. The smallest absolute Gasteiger partial charge is 0.161 e. The summed E-state index contributed by atoms with van der Waals surface area (Å²) in [5, 5.41) is 4.25. The zero-order valence-corrected chi connectivity index (χ0v) is 10.9. The minimum Gasteiger partial charge on any atom is -0.486 e. The van der Waals surface area contributed by atoms with E-state index in [1.54, 1.807) is 0 Å². The Bertz CT molecular complexity index is 580. The Balaban J connectivity index is 1.77. The second-order valence-electron chi connectivity index (χ2n) is 4.75. The van der Waals surface area contributed by atoms with Gasteiger partial charge in [0.15, 0.2) is 11.5 Å². The van der Waals surface area contributed by atoms with Crippen LogP contribution >= 0.6 is 0 Å². The van der Waals surface area contributed by atoms with Crippen molar-refractivity contribution < 1.29 is 9.47 Å². The van der Waals surface area contributed by atoms with Crippen LogP contribution in [0.1, 0.15) is 17.2 Å². The highest BCUT2D eigenvalue weighted by Crippen LogP contribution is 2.32. The van der Waals surface area contributed by atoms with Crippen molar-refractivity contribution in [2.24, 2.45) is 5.73 Å². The second kappa shape index (κ2) is 4.93. The van der Waals surface area contributed by atoms with E-state index in [9.17, 15) is 0 Å². The Morgan fingerprint density at radius 3 is 2.84 bits per heavy atom. The zero-order chi connectivity index (χ0) is 13.2. The molecule has 0 amide bonds. The van der Waals surface area contributed by atoms with Gasteiger partial charge < -0.3 is 15.2 Å². The first kappa shape index (κ1) is 12.0. The Morgan fingerprint density at radius 2 is 2.11 bits per heavy atom. The van der Waals surface area contributed by atoms with Gasteiger partial charge in [-0.25, -0.2) is 0 Å². The molecule has 0 radical (unpaired) electrons. The molecule has 5 nitrogen and oxygen atoms in total. The zero-order valence-electron chi connectivity index (χ0n) is 10.9. The molecule has 2 N–H and O–H groups in total. The predicted molar refractivity (Wildman–Crippen MR) is 71.3 cm³/mol. The maximum absolute atomic E-state index is 6.21. The quantitative estimate of drug-likeness (QED) is 0.910. The van der Waals surface area contributed by atoms with Gasteiger partial charge in [0.25, 0.3) is 0 Å². The molecular weight excluding hydrogens is 242 g/mol. The summed E-state index contributed by atoms with van der Waals surface area (Å²) in [6, 6.07) is 5.73. The molecule has 2 aromatic rings. The Hall–Kier alpha value is -2.01. The van der Waals surface area contributed by atoms with E-state index in [2.05, 4.69) is 5.10 Å². The number of nitrogens with zero attached hydrogens (tertiary/aromatic N) is 2. The van der Waals surface area contributed by atoms with Crippen LogP contribution in [0.4, 0.5) is 0 Å². The maximum Gasteiger partial charge on any atom is 0.161 e. The van der Waals surface area contributed by atoms with E-state index in [1.165, 1.54) is 0 Å². The van der Waals surface area contributed by atoms with Crippen molar-refractivity contribution in [1.29, 1.82) is 0 Å². The summed E-state index contributed by atoms with van der Waals surface area (Å²) in [5.74, 6) is 1.56. The van der Waals surface area contributed by atoms with Crippen LogP contribution in [0.15, 0.2) is 30.6 Å². The summed E-state index contributed by atoms with van der Waals surface area (Å²) in [5.41, 5.74) is 8.37. The highest BCUT2D eigenvalue weighted by Gasteiger charge is 2.15. The third-order valence-corrected chi connectivity index (χ3v) is 3.14. The number of fused-ring (bicyclic) bond motifs is 1. The molecule has 0 fully saturated rings. The van der Waals surface area contributed by atoms with Gasteiger partial charge in [-0.3, -0.25) is 4.68 Å². The van der Waals surface area contributed by atoms with Gasteiger partial charge in [-0.1, -0.05) is 6.07 Å². The fourth-order valence-corrected chi connectivity index (χ4v) is 2.16. The van der Waals surface area contributed by atoms with Crippen molar-refractivity contribution in [3.63, 3.8) is 0 Å². The van der Waals surface area contributed by atoms with Crippen molar-refractivity contribution in [2.45, 2.75) is 19.5 Å². The van der Waals surface area contributed by atoms with E-state index in [4.69, 9.17) is 15.2 Å². The van der Waals surface area contributed by atoms with Gasteiger partial charge >= 0.3 is 0 Å². The molecule has 0 bridgehead atoms. The van der Waals surface area contributed by atoms with Crippen LogP contribution < -0.4 is 15.2 Å². The first-order valence-corrected chi connectivity index (χ1v) is 6.36. The van der Waals surface area contributed by atoms with Crippen molar-refractivity contribution in [1.82, 2.24) is 9.78 Å². The van der Waals surface area contributed by atoms with E-state index >= 15 is 0 Å². The lowest BCUT2D eigenvalue weighted by molar-refractivity contribution is 0.171. The van der Waals surface area contributed by atoms with Crippen LogP contribution in [-0.2, 0) is 6.54 Å². The van der Waals surface area contributed by atoms with Crippen LogP contribution in [0.25, 0.3) is 0 Å². The summed E-state index contributed by atoms with van der Waals surface area (Å²) in [4.78, 5) is 0. The minimum absolute atomic E-state index is 0.116. The lowest BCUT2D eigenvalue weighted by Gasteiger charge is -2.20. The van der Waals surface area contributed by atoms with E-state index in [0.29, 0.717) is 19.8 Å². The molecule has 1 unspecified atom stereocenters.